The maximum Gasteiger partial charge on any atom is 0.284 e. The van der Waals surface area contributed by atoms with Crippen LogP contribution in [0.3, 0.4) is 0 Å². The van der Waals surface area contributed by atoms with E-state index in [9.17, 15) is 4.39 Å². The predicted octanol–water partition coefficient (Wildman–Crippen LogP) is 2.85. The maximum atomic E-state index is 13.5. The molecule has 6 heteroatoms. The van der Waals surface area contributed by atoms with Crippen LogP contribution in [0.2, 0.25) is 0 Å². The van der Waals surface area contributed by atoms with E-state index in [1.165, 1.54) is 18.3 Å². The van der Waals surface area contributed by atoms with Crippen LogP contribution < -0.4 is 10.2 Å². The normalized spacial score (nSPS) is 14.9. The summed E-state index contributed by atoms with van der Waals surface area (Å²) in [5, 5.41) is 7.06. The Labute approximate surface area is 121 Å². The summed E-state index contributed by atoms with van der Waals surface area (Å²) in [7, 11) is 1.81. The molecule has 0 saturated heterocycles. The first kappa shape index (κ1) is 13.5. The van der Waals surface area contributed by atoms with Crippen LogP contribution >= 0.6 is 0 Å². The molecule has 1 aliphatic rings. The second-order valence-corrected chi connectivity index (χ2v) is 4.81. The van der Waals surface area contributed by atoms with Crippen LogP contribution in [-0.2, 0) is 0 Å². The summed E-state index contributed by atoms with van der Waals surface area (Å²) >= 11 is 0. The highest BCUT2D eigenvalue weighted by Crippen LogP contribution is 2.33. The number of nitrogens with one attached hydrogen (secondary N) is 1. The minimum atomic E-state index is -0.528. The Kier molecular flexibility index (Phi) is 3.77. The fraction of sp³-hybridized carbons (Fsp3) is 0.267. The van der Waals surface area contributed by atoms with Crippen LogP contribution in [-0.4, -0.2) is 22.7 Å². The summed E-state index contributed by atoms with van der Waals surface area (Å²) in [6, 6.07) is 6.59. The third kappa shape index (κ3) is 3.16. The van der Waals surface area contributed by atoms with Crippen molar-refractivity contribution in [2.75, 3.05) is 12.4 Å². The molecule has 1 aliphatic carbocycles. The molecule has 108 valence electrons. The number of pyridine rings is 2. The standard InChI is InChI=1S/C15H15FN4O/c1-17-13-7-6-11(9-19-13)14(10-4-5-10)20-21-15-12(16)3-2-8-18-15/h2-3,6-10H,4-5H2,1H3,(H,17,19)/b20-14+. The van der Waals surface area contributed by atoms with Crippen molar-refractivity contribution in [2.24, 2.45) is 11.1 Å². The number of anilines is 1. The highest BCUT2D eigenvalue weighted by molar-refractivity contribution is 6.03. The first-order chi connectivity index (χ1) is 10.3. The quantitative estimate of drug-likeness (QED) is 0.678. The van der Waals surface area contributed by atoms with Crippen molar-refractivity contribution in [3.05, 3.63) is 48.0 Å². The zero-order chi connectivity index (χ0) is 14.7. The van der Waals surface area contributed by atoms with Crippen molar-refractivity contribution in [1.29, 1.82) is 0 Å². The van der Waals surface area contributed by atoms with Gasteiger partial charge in [-0.05, 0) is 37.1 Å². The molecule has 21 heavy (non-hydrogen) atoms. The van der Waals surface area contributed by atoms with Crippen molar-refractivity contribution >= 4 is 11.5 Å². The van der Waals surface area contributed by atoms with E-state index in [2.05, 4.69) is 20.4 Å². The van der Waals surface area contributed by atoms with E-state index in [0.29, 0.717) is 5.92 Å². The molecule has 0 amide bonds. The fourth-order valence-corrected chi connectivity index (χ4v) is 1.94. The smallest absolute Gasteiger partial charge is 0.284 e. The van der Waals surface area contributed by atoms with Crippen LogP contribution in [0, 0.1) is 11.7 Å². The van der Waals surface area contributed by atoms with E-state index >= 15 is 0 Å². The first-order valence-electron chi connectivity index (χ1n) is 6.77. The number of rotatable bonds is 5. The van der Waals surface area contributed by atoms with E-state index in [1.807, 2.05) is 19.2 Å². The van der Waals surface area contributed by atoms with Crippen molar-refractivity contribution in [3.8, 4) is 5.88 Å². The zero-order valence-corrected chi connectivity index (χ0v) is 11.6. The molecular formula is C15H15FN4O. The third-order valence-corrected chi connectivity index (χ3v) is 3.23. The molecule has 0 radical (unpaired) electrons. The Balaban J connectivity index is 1.84. The van der Waals surface area contributed by atoms with Gasteiger partial charge in [0, 0.05) is 30.9 Å². The predicted molar refractivity (Wildman–Crippen MR) is 77.9 cm³/mol. The summed E-state index contributed by atoms with van der Waals surface area (Å²) < 4.78 is 13.5. The van der Waals surface area contributed by atoms with Gasteiger partial charge in [0.1, 0.15) is 5.82 Å². The Morgan fingerprint density at radius 3 is 2.81 bits per heavy atom. The van der Waals surface area contributed by atoms with E-state index in [0.717, 1.165) is 29.9 Å². The molecule has 2 aromatic heterocycles. The molecule has 0 unspecified atom stereocenters. The molecule has 0 aliphatic heterocycles. The van der Waals surface area contributed by atoms with Crippen molar-refractivity contribution < 1.29 is 9.23 Å². The lowest BCUT2D eigenvalue weighted by Gasteiger charge is -2.06. The summed E-state index contributed by atoms with van der Waals surface area (Å²) in [6.45, 7) is 0. The third-order valence-electron chi connectivity index (χ3n) is 3.23. The summed E-state index contributed by atoms with van der Waals surface area (Å²) in [5.41, 5.74) is 1.67. The monoisotopic (exact) mass is 286 g/mol. The second kappa shape index (κ2) is 5.87. The van der Waals surface area contributed by atoms with Gasteiger partial charge in [-0.3, -0.25) is 0 Å². The lowest BCUT2D eigenvalue weighted by atomic mass is 10.1. The number of hydrogen-bond acceptors (Lipinski definition) is 5. The minimum Gasteiger partial charge on any atom is -0.373 e. The molecule has 5 nitrogen and oxygen atoms in total. The van der Waals surface area contributed by atoms with Gasteiger partial charge in [-0.1, -0.05) is 5.16 Å². The topological polar surface area (TPSA) is 59.4 Å². The molecule has 0 atom stereocenters. The van der Waals surface area contributed by atoms with Crippen molar-refractivity contribution in [1.82, 2.24) is 9.97 Å². The average molecular weight is 286 g/mol. The molecule has 0 aromatic carbocycles. The molecule has 0 spiro atoms. The highest BCUT2D eigenvalue weighted by atomic mass is 19.1. The van der Waals surface area contributed by atoms with Crippen molar-refractivity contribution in [3.63, 3.8) is 0 Å². The van der Waals surface area contributed by atoms with E-state index < -0.39 is 5.82 Å². The van der Waals surface area contributed by atoms with Crippen molar-refractivity contribution in [2.45, 2.75) is 12.8 Å². The van der Waals surface area contributed by atoms with Gasteiger partial charge in [-0.25, -0.2) is 14.4 Å². The Morgan fingerprint density at radius 1 is 1.33 bits per heavy atom. The highest BCUT2D eigenvalue weighted by Gasteiger charge is 2.29. The molecule has 1 saturated carbocycles. The molecule has 1 N–H and O–H groups in total. The van der Waals surface area contributed by atoms with Gasteiger partial charge in [0.25, 0.3) is 5.88 Å². The van der Waals surface area contributed by atoms with Crippen LogP contribution in [0.5, 0.6) is 5.88 Å². The number of oxime groups is 1. The first-order valence-corrected chi connectivity index (χ1v) is 6.77. The van der Waals surface area contributed by atoms with Crippen LogP contribution in [0.1, 0.15) is 18.4 Å². The molecule has 2 aromatic rings. The lowest BCUT2D eigenvalue weighted by Crippen LogP contribution is -2.07. The van der Waals surface area contributed by atoms with E-state index in [-0.39, 0.29) is 5.88 Å². The Hall–Kier alpha value is -2.50. The fourth-order valence-electron chi connectivity index (χ4n) is 1.94. The molecule has 0 bridgehead atoms. The summed E-state index contributed by atoms with van der Waals surface area (Å²) in [4.78, 5) is 13.3. The average Bonchev–Trinajstić information content (AvgIpc) is 3.35. The molecule has 1 fully saturated rings. The van der Waals surface area contributed by atoms with Crippen LogP contribution in [0.25, 0.3) is 0 Å². The van der Waals surface area contributed by atoms with Gasteiger partial charge < -0.3 is 10.2 Å². The Bertz CT molecular complexity index is 653. The second-order valence-electron chi connectivity index (χ2n) is 4.81. The van der Waals surface area contributed by atoms with Crippen LogP contribution in [0.4, 0.5) is 10.2 Å². The maximum absolute atomic E-state index is 13.5. The number of hydrogen-bond donors (Lipinski definition) is 1. The Morgan fingerprint density at radius 2 is 2.19 bits per heavy atom. The zero-order valence-electron chi connectivity index (χ0n) is 11.6. The van der Waals surface area contributed by atoms with Gasteiger partial charge in [-0.2, -0.15) is 0 Å². The molecule has 3 rings (SSSR count). The minimum absolute atomic E-state index is 0.115. The molecule has 2 heterocycles. The number of halogens is 1. The van der Waals surface area contributed by atoms with Gasteiger partial charge in [0.05, 0.1) is 5.71 Å². The summed E-state index contributed by atoms with van der Waals surface area (Å²) in [6.07, 6.45) is 5.32. The number of nitrogens with zero attached hydrogens (tertiary/aromatic N) is 3. The van der Waals surface area contributed by atoms with Crippen LogP contribution in [0.15, 0.2) is 41.8 Å². The van der Waals surface area contributed by atoms with E-state index in [4.69, 9.17) is 4.84 Å². The lowest BCUT2D eigenvalue weighted by molar-refractivity contribution is 0.306. The largest absolute Gasteiger partial charge is 0.373 e. The molecular weight excluding hydrogens is 271 g/mol. The van der Waals surface area contributed by atoms with Gasteiger partial charge in [0.2, 0.25) is 0 Å². The van der Waals surface area contributed by atoms with Gasteiger partial charge in [-0.15, -0.1) is 0 Å². The van der Waals surface area contributed by atoms with Gasteiger partial charge in [0.15, 0.2) is 5.82 Å². The van der Waals surface area contributed by atoms with Gasteiger partial charge >= 0.3 is 0 Å². The summed E-state index contributed by atoms with van der Waals surface area (Å²) in [5.74, 6) is 0.486. The SMILES string of the molecule is CNc1ccc(/C(=N/Oc2ncccc2F)C2CC2)cn1. The van der Waals surface area contributed by atoms with E-state index in [1.54, 1.807) is 6.20 Å². The number of aromatic nitrogens is 2.